The number of rotatable bonds is 5. The van der Waals surface area contributed by atoms with Crippen molar-refractivity contribution in [1.29, 1.82) is 0 Å². The first-order chi connectivity index (χ1) is 15.9. The van der Waals surface area contributed by atoms with Gasteiger partial charge in [-0.2, -0.15) is 5.10 Å². The van der Waals surface area contributed by atoms with Gasteiger partial charge in [0.2, 0.25) is 0 Å². The molecule has 7 nitrogen and oxygen atoms in total. The summed E-state index contributed by atoms with van der Waals surface area (Å²) in [5.74, 6) is 0.180. The molecular weight excluding hydrogens is 423 g/mol. The van der Waals surface area contributed by atoms with Gasteiger partial charge >= 0.3 is 0 Å². The first-order valence-electron chi connectivity index (χ1n) is 11.0. The largest absolute Gasteiger partial charge is 0.496 e. The molecule has 0 unspecified atom stereocenters. The number of aryl methyl sites for hydroxylation is 1. The number of piperazine rings is 1. The lowest BCUT2D eigenvalue weighted by Gasteiger charge is -2.35. The molecule has 172 valence electrons. The van der Waals surface area contributed by atoms with Crippen LogP contribution in [0.1, 0.15) is 38.9 Å². The molecule has 3 aromatic rings. The maximum atomic E-state index is 13.3. The van der Waals surface area contributed by atoms with Crippen LogP contribution in [0.2, 0.25) is 0 Å². The maximum absolute atomic E-state index is 13.3. The van der Waals surface area contributed by atoms with Gasteiger partial charge in [-0.3, -0.25) is 9.59 Å². The van der Waals surface area contributed by atoms with E-state index in [4.69, 9.17) is 4.74 Å². The summed E-state index contributed by atoms with van der Waals surface area (Å²) < 4.78 is 20.3. The molecule has 8 heteroatoms. The monoisotopic (exact) mass is 450 g/mol. The normalized spacial score (nSPS) is 13.8. The summed E-state index contributed by atoms with van der Waals surface area (Å²) >= 11 is 0. The molecule has 1 aromatic heterocycles. The van der Waals surface area contributed by atoms with Crippen molar-refractivity contribution in [1.82, 2.24) is 19.6 Å². The van der Waals surface area contributed by atoms with E-state index >= 15 is 0 Å². The number of nitrogens with zero attached hydrogens (tertiary/aromatic N) is 4. The standard InChI is InChI=1S/C25H27FN4O3/c1-4-22-21(16-27-30(22)20-9-7-19(26)8-10-20)25(32)29-13-11-28(12-14-29)24(31)18-6-5-17(2)23(15-18)33-3/h5-10,15-16H,4,11-14H2,1-3H3. The summed E-state index contributed by atoms with van der Waals surface area (Å²) in [5, 5.41) is 4.38. The Morgan fingerprint density at radius 1 is 1.00 bits per heavy atom. The van der Waals surface area contributed by atoms with Gasteiger partial charge in [0.25, 0.3) is 11.8 Å². The van der Waals surface area contributed by atoms with Crippen molar-refractivity contribution < 1.29 is 18.7 Å². The van der Waals surface area contributed by atoms with Gasteiger partial charge in [-0.15, -0.1) is 0 Å². The van der Waals surface area contributed by atoms with Crippen LogP contribution >= 0.6 is 0 Å². The summed E-state index contributed by atoms with van der Waals surface area (Å²) in [6.07, 6.45) is 2.17. The molecule has 4 rings (SSSR count). The molecule has 0 N–H and O–H groups in total. The van der Waals surface area contributed by atoms with Crippen LogP contribution in [0.4, 0.5) is 4.39 Å². The van der Waals surface area contributed by atoms with Crippen molar-refractivity contribution in [2.45, 2.75) is 20.3 Å². The fraction of sp³-hybridized carbons (Fsp3) is 0.320. The highest BCUT2D eigenvalue weighted by molar-refractivity contribution is 5.96. The fourth-order valence-corrected chi connectivity index (χ4v) is 4.12. The minimum absolute atomic E-state index is 0.0706. The van der Waals surface area contributed by atoms with Gasteiger partial charge in [-0.25, -0.2) is 9.07 Å². The number of halogens is 1. The van der Waals surface area contributed by atoms with Crippen LogP contribution in [-0.2, 0) is 6.42 Å². The lowest BCUT2D eigenvalue weighted by Crippen LogP contribution is -2.50. The Labute approximate surface area is 192 Å². The van der Waals surface area contributed by atoms with Crippen LogP contribution in [0.3, 0.4) is 0 Å². The molecule has 2 aromatic carbocycles. The molecule has 1 aliphatic heterocycles. The highest BCUT2D eigenvalue weighted by Crippen LogP contribution is 2.22. The van der Waals surface area contributed by atoms with E-state index in [0.717, 1.165) is 11.3 Å². The number of carbonyl (C=O) groups is 2. The number of benzene rings is 2. The highest BCUT2D eigenvalue weighted by Gasteiger charge is 2.28. The topological polar surface area (TPSA) is 67.7 Å². The number of aromatic nitrogens is 2. The third-order valence-corrected chi connectivity index (χ3v) is 6.01. The van der Waals surface area contributed by atoms with Gasteiger partial charge < -0.3 is 14.5 Å². The van der Waals surface area contributed by atoms with E-state index in [1.54, 1.807) is 52.1 Å². The summed E-state index contributed by atoms with van der Waals surface area (Å²) in [4.78, 5) is 29.7. The van der Waals surface area contributed by atoms with E-state index in [0.29, 0.717) is 55.2 Å². The Morgan fingerprint density at radius 3 is 2.24 bits per heavy atom. The van der Waals surface area contributed by atoms with Crippen molar-refractivity contribution in [3.05, 3.63) is 76.9 Å². The van der Waals surface area contributed by atoms with Gasteiger partial charge in [0.05, 0.1) is 30.3 Å². The van der Waals surface area contributed by atoms with Crippen LogP contribution in [-0.4, -0.2) is 64.7 Å². The van der Waals surface area contributed by atoms with Gasteiger partial charge in [-0.05, 0) is 55.3 Å². The van der Waals surface area contributed by atoms with Gasteiger partial charge in [-0.1, -0.05) is 13.0 Å². The van der Waals surface area contributed by atoms with Crippen molar-refractivity contribution in [3.63, 3.8) is 0 Å². The first kappa shape index (κ1) is 22.5. The lowest BCUT2D eigenvalue weighted by atomic mass is 10.1. The molecular formula is C25H27FN4O3. The number of amides is 2. The molecule has 0 saturated carbocycles. The van der Waals surface area contributed by atoms with Crippen LogP contribution in [0.15, 0.2) is 48.7 Å². The zero-order chi connectivity index (χ0) is 23.5. The zero-order valence-electron chi connectivity index (χ0n) is 19.0. The molecule has 1 aliphatic rings. The molecule has 1 saturated heterocycles. The summed E-state index contributed by atoms with van der Waals surface area (Å²) in [6, 6.07) is 11.5. The number of hydrogen-bond donors (Lipinski definition) is 0. The Balaban J connectivity index is 1.45. The van der Waals surface area contributed by atoms with E-state index in [-0.39, 0.29) is 17.6 Å². The molecule has 0 bridgehead atoms. The average Bonchev–Trinajstić information content (AvgIpc) is 3.28. The van der Waals surface area contributed by atoms with Crippen molar-refractivity contribution >= 4 is 11.8 Å². The van der Waals surface area contributed by atoms with E-state index in [1.807, 2.05) is 19.9 Å². The van der Waals surface area contributed by atoms with Crippen molar-refractivity contribution in [2.24, 2.45) is 0 Å². The number of hydrogen-bond acceptors (Lipinski definition) is 4. The Kier molecular flexibility index (Phi) is 6.44. The summed E-state index contributed by atoms with van der Waals surface area (Å²) in [6.45, 7) is 5.68. The van der Waals surface area contributed by atoms with Crippen molar-refractivity contribution in [2.75, 3.05) is 33.3 Å². The molecule has 2 heterocycles. The highest BCUT2D eigenvalue weighted by atomic mass is 19.1. The smallest absolute Gasteiger partial charge is 0.257 e. The number of methoxy groups -OCH3 is 1. The fourth-order valence-electron chi connectivity index (χ4n) is 4.12. The third kappa shape index (κ3) is 4.46. The molecule has 0 radical (unpaired) electrons. The van der Waals surface area contributed by atoms with Crippen LogP contribution in [0, 0.1) is 12.7 Å². The maximum Gasteiger partial charge on any atom is 0.257 e. The van der Waals surface area contributed by atoms with E-state index in [2.05, 4.69) is 5.10 Å². The third-order valence-electron chi connectivity index (χ3n) is 6.01. The second kappa shape index (κ2) is 9.44. The SMILES string of the molecule is CCc1c(C(=O)N2CCN(C(=O)c3ccc(C)c(OC)c3)CC2)cnn1-c1ccc(F)cc1. The first-order valence-corrected chi connectivity index (χ1v) is 11.0. The second-order valence-electron chi connectivity index (χ2n) is 8.02. The minimum Gasteiger partial charge on any atom is -0.496 e. The van der Waals surface area contributed by atoms with Crippen LogP contribution in [0.25, 0.3) is 5.69 Å². The zero-order valence-corrected chi connectivity index (χ0v) is 19.0. The Bertz CT molecular complexity index is 1160. The number of ether oxygens (including phenoxy) is 1. The predicted molar refractivity (Wildman–Crippen MR) is 122 cm³/mol. The summed E-state index contributed by atoms with van der Waals surface area (Å²) in [7, 11) is 1.59. The van der Waals surface area contributed by atoms with Crippen molar-refractivity contribution in [3.8, 4) is 11.4 Å². The summed E-state index contributed by atoms with van der Waals surface area (Å²) in [5.41, 5.74) is 3.56. The van der Waals surface area contributed by atoms with E-state index in [9.17, 15) is 14.0 Å². The number of carbonyl (C=O) groups excluding carboxylic acids is 2. The van der Waals surface area contributed by atoms with Crippen LogP contribution in [0.5, 0.6) is 5.75 Å². The minimum atomic E-state index is -0.322. The Hall–Kier alpha value is -3.68. The molecule has 0 aliphatic carbocycles. The molecule has 0 spiro atoms. The Morgan fingerprint density at radius 2 is 1.64 bits per heavy atom. The second-order valence-corrected chi connectivity index (χ2v) is 8.02. The van der Waals surface area contributed by atoms with Gasteiger partial charge in [0.1, 0.15) is 11.6 Å². The van der Waals surface area contributed by atoms with Gasteiger partial charge in [0.15, 0.2) is 0 Å². The quantitative estimate of drug-likeness (QED) is 0.597. The van der Waals surface area contributed by atoms with E-state index in [1.165, 1.54) is 12.1 Å². The van der Waals surface area contributed by atoms with E-state index < -0.39 is 0 Å². The molecule has 0 atom stereocenters. The van der Waals surface area contributed by atoms with Crippen LogP contribution < -0.4 is 4.74 Å². The predicted octanol–water partition coefficient (Wildman–Crippen LogP) is 3.49. The lowest BCUT2D eigenvalue weighted by molar-refractivity contribution is 0.0534. The molecule has 1 fully saturated rings. The van der Waals surface area contributed by atoms with Gasteiger partial charge in [0, 0.05) is 31.7 Å². The molecule has 2 amide bonds. The average molecular weight is 451 g/mol. The molecule has 33 heavy (non-hydrogen) atoms.